The largest absolute Gasteiger partial charge is 0.490 e. The first-order valence-electron chi connectivity index (χ1n) is 12.0. The maximum absolute atomic E-state index is 13.2. The average molecular weight is 491 g/mol. The van der Waals surface area contributed by atoms with Crippen LogP contribution in [0.1, 0.15) is 41.3 Å². The molecule has 0 unspecified atom stereocenters. The van der Waals surface area contributed by atoms with Crippen molar-refractivity contribution in [1.29, 1.82) is 0 Å². The van der Waals surface area contributed by atoms with Crippen molar-refractivity contribution in [3.8, 4) is 5.75 Å². The van der Waals surface area contributed by atoms with Gasteiger partial charge in [0.15, 0.2) is 0 Å². The zero-order chi connectivity index (χ0) is 26.3. The van der Waals surface area contributed by atoms with Crippen LogP contribution >= 0.6 is 0 Å². The lowest BCUT2D eigenvalue weighted by molar-refractivity contribution is -0.130. The van der Waals surface area contributed by atoms with E-state index in [2.05, 4.69) is 18.5 Å². The van der Waals surface area contributed by atoms with Gasteiger partial charge in [0.25, 0.3) is 5.91 Å². The van der Waals surface area contributed by atoms with Crippen molar-refractivity contribution in [2.24, 2.45) is 0 Å². The summed E-state index contributed by atoms with van der Waals surface area (Å²) in [6.45, 7) is 11.4. The fourth-order valence-electron chi connectivity index (χ4n) is 3.73. The number of halogens is 1. The van der Waals surface area contributed by atoms with Gasteiger partial charge in [-0.25, -0.2) is 4.39 Å². The quantitative estimate of drug-likeness (QED) is 0.450. The van der Waals surface area contributed by atoms with Crippen LogP contribution in [-0.2, 0) is 11.3 Å². The number of likely N-dealkylation sites (tertiary alicyclic amines) is 1. The second-order valence-corrected chi connectivity index (χ2v) is 8.32. The molecule has 1 fully saturated rings. The van der Waals surface area contributed by atoms with E-state index in [-0.39, 0.29) is 23.7 Å². The molecule has 0 spiro atoms. The van der Waals surface area contributed by atoms with E-state index in [1.54, 1.807) is 19.9 Å². The maximum Gasteiger partial charge on any atom is 0.251 e. The van der Waals surface area contributed by atoms with Crippen LogP contribution in [0, 0.1) is 12.7 Å². The Hall–Kier alpha value is -3.93. The fourth-order valence-corrected chi connectivity index (χ4v) is 3.73. The van der Waals surface area contributed by atoms with Crippen molar-refractivity contribution in [3.05, 3.63) is 115 Å². The third-order valence-electron chi connectivity index (χ3n) is 5.53. The Morgan fingerprint density at radius 1 is 0.972 bits per heavy atom. The lowest BCUT2D eigenvalue weighted by atomic mass is 10.1. The molecule has 1 N–H and O–H groups in total. The maximum atomic E-state index is 13.2. The number of hydrogen-bond acceptors (Lipinski definition) is 3. The minimum absolute atomic E-state index is 0.165. The van der Waals surface area contributed by atoms with E-state index in [9.17, 15) is 14.0 Å². The summed E-state index contributed by atoms with van der Waals surface area (Å²) in [5.41, 5.74) is 2.10. The Labute approximate surface area is 213 Å². The Morgan fingerprint density at radius 2 is 1.56 bits per heavy atom. The van der Waals surface area contributed by atoms with Crippen LogP contribution in [0.4, 0.5) is 4.39 Å². The van der Waals surface area contributed by atoms with Crippen LogP contribution in [-0.4, -0.2) is 35.9 Å². The number of para-hydroxylation sites is 1. The molecule has 0 aliphatic carbocycles. The number of aryl methyl sites for hydroxylation is 1. The van der Waals surface area contributed by atoms with Crippen molar-refractivity contribution >= 4 is 11.8 Å². The zero-order valence-electron chi connectivity index (χ0n) is 21.1. The third kappa shape index (κ3) is 9.74. The predicted octanol–water partition coefficient (Wildman–Crippen LogP) is 5.94. The van der Waals surface area contributed by atoms with Gasteiger partial charge >= 0.3 is 0 Å². The second kappa shape index (κ2) is 15.1. The predicted molar refractivity (Wildman–Crippen MR) is 142 cm³/mol. The number of nitrogens with zero attached hydrogens (tertiary/aromatic N) is 1. The second-order valence-electron chi connectivity index (χ2n) is 8.32. The van der Waals surface area contributed by atoms with Crippen LogP contribution in [0.2, 0.25) is 0 Å². The van der Waals surface area contributed by atoms with Crippen molar-refractivity contribution in [1.82, 2.24) is 10.2 Å². The van der Waals surface area contributed by atoms with E-state index >= 15 is 0 Å². The monoisotopic (exact) mass is 490 g/mol. The smallest absolute Gasteiger partial charge is 0.251 e. The van der Waals surface area contributed by atoms with Gasteiger partial charge in [-0.05, 0) is 48.4 Å². The van der Waals surface area contributed by atoms with E-state index < -0.39 is 0 Å². The SMILES string of the molecule is C=C.CC(=O)N1CCC(Oc2ccccc2)CC1.Cc1cc(F)cc(C(=O)NCc2ccccc2)c1. The molecule has 0 bridgehead atoms. The Balaban J connectivity index is 0.000000239. The number of carbonyl (C=O) groups excluding carboxylic acids is 2. The highest BCUT2D eigenvalue weighted by Gasteiger charge is 2.21. The number of ether oxygens (including phenoxy) is 1. The summed E-state index contributed by atoms with van der Waals surface area (Å²) in [5.74, 6) is 0.434. The summed E-state index contributed by atoms with van der Waals surface area (Å²) in [6, 6.07) is 23.8. The summed E-state index contributed by atoms with van der Waals surface area (Å²) in [5, 5.41) is 2.76. The molecular formula is C30H35FN2O3. The molecule has 1 saturated heterocycles. The molecule has 0 aromatic heterocycles. The van der Waals surface area contributed by atoms with Crippen LogP contribution in [0.25, 0.3) is 0 Å². The summed E-state index contributed by atoms with van der Waals surface area (Å²) >= 11 is 0. The minimum atomic E-state index is -0.389. The highest BCUT2D eigenvalue weighted by Crippen LogP contribution is 2.18. The Morgan fingerprint density at radius 3 is 2.11 bits per heavy atom. The first-order valence-corrected chi connectivity index (χ1v) is 12.0. The van der Waals surface area contributed by atoms with Crippen molar-refractivity contribution < 1.29 is 18.7 Å². The summed E-state index contributed by atoms with van der Waals surface area (Å²) < 4.78 is 19.0. The van der Waals surface area contributed by atoms with Gasteiger partial charge in [0.05, 0.1) is 0 Å². The van der Waals surface area contributed by atoms with Crippen molar-refractivity contribution in [2.45, 2.75) is 39.3 Å². The number of hydrogen-bond donors (Lipinski definition) is 1. The molecule has 3 aromatic carbocycles. The molecule has 36 heavy (non-hydrogen) atoms. The molecule has 190 valence electrons. The minimum Gasteiger partial charge on any atom is -0.490 e. The van der Waals surface area contributed by atoms with Gasteiger partial charge in [0.2, 0.25) is 5.91 Å². The lowest BCUT2D eigenvalue weighted by Crippen LogP contribution is -2.40. The number of rotatable bonds is 5. The average Bonchev–Trinajstić information content (AvgIpc) is 2.90. The van der Waals surface area contributed by atoms with E-state index in [0.717, 1.165) is 42.8 Å². The zero-order valence-corrected chi connectivity index (χ0v) is 21.1. The van der Waals surface area contributed by atoms with Crippen LogP contribution < -0.4 is 10.1 Å². The normalized spacial score (nSPS) is 12.8. The molecular weight excluding hydrogens is 455 g/mol. The third-order valence-corrected chi connectivity index (χ3v) is 5.53. The molecule has 2 amide bonds. The van der Waals surface area contributed by atoms with Crippen LogP contribution in [0.3, 0.4) is 0 Å². The van der Waals surface area contributed by atoms with Gasteiger partial charge in [0.1, 0.15) is 17.7 Å². The summed E-state index contributed by atoms with van der Waals surface area (Å²) in [4.78, 5) is 24.9. The molecule has 1 heterocycles. The number of piperidine rings is 1. The van der Waals surface area contributed by atoms with Gasteiger partial charge in [-0.2, -0.15) is 0 Å². The topological polar surface area (TPSA) is 58.6 Å². The molecule has 6 heteroatoms. The van der Waals surface area contributed by atoms with Crippen LogP contribution in [0.5, 0.6) is 5.75 Å². The van der Waals surface area contributed by atoms with Crippen molar-refractivity contribution in [3.63, 3.8) is 0 Å². The summed E-state index contributed by atoms with van der Waals surface area (Å²) in [6.07, 6.45) is 2.10. The fraction of sp³-hybridized carbons (Fsp3) is 0.267. The summed E-state index contributed by atoms with van der Waals surface area (Å²) in [7, 11) is 0. The Bertz CT molecular complexity index is 1060. The molecule has 3 aromatic rings. The molecule has 0 atom stereocenters. The standard InChI is InChI=1S/C15H14FNO.C13H17NO2.C2H4/c1-11-7-13(9-14(16)8-11)15(18)17-10-12-5-3-2-4-6-12;1-11(15)14-9-7-13(8-10-14)16-12-5-3-2-4-6-12;1-2/h2-9H,10H2,1H3,(H,17,18);2-6,13H,7-10H2,1H3;1-2H2. The highest BCUT2D eigenvalue weighted by atomic mass is 19.1. The van der Waals surface area contributed by atoms with Crippen LogP contribution in [0.15, 0.2) is 92.0 Å². The number of amides is 2. The van der Waals surface area contributed by atoms with Gasteiger partial charge in [0, 0.05) is 45.0 Å². The molecule has 0 radical (unpaired) electrons. The van der Waals surface area contributed by atoms with E-state index in [1.165, 1.54) is 12.1 Å². The highest BCUT2D eigenvalue weighted by molar-refractivity contribution is 5.94. The number of benzene rings is 3. The van der Waals surface area contributed by atoms with Gasteiger partial charge in [-0.1, -0.05) is 48.5 Å². The van der Waals surface area contributed by atoms with Gasteiger partial charge in [-0.3, -0.25) is 9.59 Å². The molecule has 1 aliphatic heterocycles. The van der Waals surface area contributed by atoms with E-state index in [1.807, 2.05) is 65.6 Å². The van der Waals surface area contributed by atoms with E-state index in [0.29, 0.717) is 12.1 Å². The number of carbonyl (C=O) groups is 2. The van der Waals surface area contributed by atoms with Gasteiger partial charge in [-0.15, -0.1) is 13.2 Å². The molecule has 0 saturated carbocycles. The van der Waals surface area contributed by atoms with Gasteiger partial charge < -0.3 is 15.0 Å². The molecule has 1 aliphatic rings. The van der Waals surface area contributed by atoms with Crippen molar-refractivity contribution in [2.75, 3.05) is 13.1 Å². The molecule has 5 nitrogen and oxygen atoms in total. The van der Waals surface area contributed by atoms with E-state index in [4.69, 9.17) is 4.74 Å². The lowest BCUT2D eigenvalue weighted by Gasteiger charge is -2.31. The number of nitrogens with one attached hydrogen (secondary N) is 1. The molecule has 4 rings (SSSR count). The first kappa shape index (κ1) is 28.3. The Kier molecular flexibility index (Phi) is 11.9. The first-order chi connectivity index (χ1) is 17.4.